The van der Waals surface area contributed by atoms with Crippen molar-refractivity contribution in [3.8, 4) is 5.88 Å². The van der Waals surface area contributed by atoms with E-state index in [1.54, 1.807) is 17.1 Å². The molecule has 0 bridgehead atoms. The summed E-state index contributed by atoms with van der Waals surface area (Å²) in [6.07, 6.45) is 4.36. The van der Waals surface area contributed by atoms with E-state index in [9.17, 15) is 0 Å². The van der Waals surface area contributed by atoms with E-state index in [1.165, 1.54) is 0 Å². The van der Waals surface area contributed by atoms with Crippen LogP contribution in [-0.2, 0) is 6.54 Å². The van der Waals surface area contributed by atoms with Crippen molar-refractivity contribution in [3.05, 3.63) is 24.2 Å². The van der Waals surface area contributed by atoms with Crippen molar-refractivity contribution in [1.29, 1.82) is 0 Å². The van der Waals surface area contributed by atoms with Crippen LogP contribution in [0.25, 0.3) is 0 Å². The molecule has 0 radical (unpaired) electrons. The van der Waals surface area contributed by atoms with E-state index in [1.807, 2.05) is 13.0 Å². The molecule has 0 aliphatic rings. The van der Waals surface area contributed by atoms with E-state index >= 15 is 0 Å². The van der Waals surface area contributed by atoms with Gasteiger partial charge in [0.2, 0.25) is 11.8 Å². The van der Waals surface area contributed by atoms with Crippen molar-refractivity contribution >= 4 is 11.6 Å². The lowest BCUT2D eigenvalue weighted by Gasteiger charge is -2.09. The third kappa shape index (κ3) is 4.11. The fourth-order valence-corrected chi connectivity index (χ4v) is 1.68. The molecule has 0 amide bonds. The third-order valence-corrected chi connectivity index (χ3v) is 2.56. The fourth-order valence-electron chi connectivity index (χ4n) is 1.68. The minimum Gasteiger partial charge on any atom is -0.478 e. The molecule has 2 aromatic heterocycles. The lowest BCUT2D eigenvalue weighted by Crippen LogP contribution is -2.13. The first-order valence-electron chi connectivity index (χ1n) is 6.67. The molecule has 3 N–H and O–H groups in total. The SMILES string of the molecule is CCCOc1cc(C)nc(NCCn2cc(N)cn2)n1. The Balaban J connectivity index is 1.89. The van der Waals surface area contributed by atoms with Crippen LogP contribution in [0.1, 0.15) is 19.0 Å². The summed E-state index contributed by atoms with van der Waals surface area (Å²) in [6, 6.07) is 1.83. The van der Waals surface area contributed by atoms with Gasteiger partial charge in [-0.2, -0.15) is 10.1 Å². The van der Waals surface area contributed by atoms with Gasteiger partial charge in [0, 0.05) is 24.5 Å². The third-order valence-electron chi connectivity index (χ3n) is 2.56. The van der Waals surface area contributed by atoms with Crippen LogP contribution in [0.4, 0.5) is 11.6 Å². The van der Waals surface area contributed by atoms with Crippen LogP contribution in [0, 0.1) is 6.92 Å². The predicted molar refractivity (Wildman–Crippen MR) is 77.7 cm³/mol. The molecule has 7 nitrogen and oxygen atoms in total. The standard InChI is InChI=1S/C13H20N6O/c1-3-6-20-12-7-10(2)17-13(18-12)15-4-5-19-9-11(14)8-16-19/h7-9H,3-6,14H2,1-2H3,(H,15,17,18). The van der Waals surface area contributed by atoms with E-state index in [0.29, 0.717) is 37.2 Å². The molecule has 0 aliphatic heterocycles. The van der Waals surface area contributed by atoms with E-state index in [2.05, 4.69) is 27.3 Å². The first kappa shape index (κ1) is 14.1. The summed E-state index contributed by atoms with van der Waals surface area (Å²) in [4.78, 5) is 8.63. The number of rotatable bonds is 7. The second-order valence-corrected chi connectivity index (χ2v) is 4.48. The Labute approximate surface area is 118 Å². The van der Waals surface area contributed by atoms with E-state index in [0.717, 1.165) is 12.1 Å². The second-order valence-electron chi connectivity index (χ2n) is 4.48. The summed E-state index contributed by atoms with van der Waals surface area (Å²) in [5.41, 5.74) is 7.13. The molecular formula is C13H20N6O. The summed E-state index contributed by atoms with van der Waals surface area (Å²) in [5, 5.41) is 7.26. The minimum atomic E-state index is 0.566. The molecule has 20 heavy (non-hydrogen) atoms. The average molecular weight is 276 g/mol. The molecule has 108 valence electrons. The van der Waals surface area contributed by atoms with E-state index in [4.69, 9.17) is 10.5 Å². The largest absolute Gasteiger partial charge is 0.478 e. The Hall–Kier alpha value is -2.31. The van der Waals surface area contributed by atoms with Crippen LogP contribution in [0.2, 0.25) is 0 Å². The zero-order valence-electron chi connectivity index (χ0n) is 11.8. The number of anilines is 2. The van der Waals surface area contributed by atoms with Crippen molar-refractivity contribution in [2.75, 3.05) is 24.2 Å². The van der Waals surface area contributed by atoms with E-state index in [-0.39, 0.29) is 0 Å². The minimum absolute atomic E-state index is 0.566. The molecule has 0 unspecified atom stereocenters. The molecule has 0 fully saturated rings. The Morgan fingerprint density at radius 1 is 1.40 bits per heavy atom. The molecule has 0 saturated heterocycles. The zero-order valence-corrected chi connectivity index (χ0v) is 11.8. The maximum atomic E-state index is 5.60. The van der Waals surface area contributed by atoms with Gasteiger partial charge in [0.25, 0.3) is 0 Å². The molecule has 0 atom stereocenters. The van der Waals surface area contributed by atoms with Crippen molar-refractivity contribution in [3.63, 3.8) is 0 Å². The van der Waals surface area contributed by atoms with Crippen LogP contribution < -0.4 is 15.8 Å². The van der Waals surface area contributed by atoms with Crippen molar-refractivity contribution < 1.29 is 4.74 Å². The van der Waals surface area contributed by atoms with Crippen molar-refractivity contribution in [2.45, 2.75) is 26.8 Å². The number of hydrogen-bond acceptors (Lipinski definition) is 6. The molecule has 2 rings (SSSR count). The molecule has 2 heterocycles. The topological polar surface area (TPSA) is 90.9 Å². The Kier molecular flexibility index (Phi) is 4.75. The quantitative estimate of drug-likeness (QED) is 0.795. The summed E-state index contributed by atoms with van der Waals surface area (Å²) in [6.45, 7) is 5.99. The van der Waals surface area contributed by atoms with Crippen LogP contribution in [0.15, 0.2) is 18.5 Å². The van der Waals surface area contributed by atoms with E-state index < -0.39 is 0 Å². The van der Waals surface area contributed by atoms with Gasteiger partial charge in [-0.25, -0.2) is 4.98 Å². The van der Waals surface area contributed by atoms with Gasteiger partial charge in [0.05, 0.1) is 25.0 Å². The van der Waals surface area contributed by atoms with Gasteiger partial charge in [0.15, 0.2) is 0 Å². The summed E-state index contributed by atoms with van der Waals surface area (Å²) < 4.78 is 7.29. The number of nitrogens with zero attached hydrogens (tertiary/aromatic N) is 4. The molecule has 0 saturated carbocycles. The van der Waals surface area contributed by atoms with Crippen LogP contribution in [0.3, 0.4) is 0 Å². The van der Waals surface area contributed by atoms with Gasteiger partial charge >= 0.3 is 0 Å². The van der Waals surface area contributed by atoms with Gasteiger partial charge in [-0.3, -0.25) is 4.68 Å². The highest BCUT2D eigenvalue weighted by molar-refractivity contribution is 5.31. The van der Waals surface area contributed by atoms with Gasteiger partial charge in [-0.15, -0.1) is 0 Å². The van der Waals surface area contributed by atoms with Gasteiger partial charge in [-0.1, -0.05) is 6.92 Å². The maximum absolute atomic E-state index is 5.60. The molecule has 0 aliphatic carbocycles. The fraction of sp³-hybridized carbons (Fsp3) is 0.462. The van der Waals surface area contributed by atoms with Crippen LogP contribution >= 0.6 is 0 Å². The molecule has 0 aromatic carbocycles. The Morgan fingerprint density at radius 3 is 2.95 bits per heavy atom. The first-order chi connectivity index (χ1) is 9.67. The lowest BCUT2D eigenvalue weighted by molar-refractivity contribution is 0.305. The monoisotopic (exact) mass is 276 g/mol. The van der Waals surface area contributed by atoms with Crippen molar-refractivity contribution in [2.24, 2.45) is 0 Å². The zero-order chi connectivity index (χ0) is 14.4. The predicted octanol–water partition coefficient (Wildman–Crippen LogP) is 1.46. The molecule has 0 spiro atoms. The molecule has 2 aromatic rings. The normalized spacial score (nSPS) is 10.5. The summed E-state index contributed by atoms with van der Waals surface area (Å²) >= 11 is 0. The van der Waals surface area contributed by atoms with Gasteiger partial charge in [0.1, 0.15) is 0 Å². The Bertz CT molecular complexity index is 554. The summed E-state index contributed by atoms with van der Waals surface area (Å²) in [7, 11) is 0. The number of aromatic nitrogens is 4. The highest BCUT2D eigenvalue weighted by atomic mass is 16.5. The number of nitrogen functional groups attached to an aromatic ring is 1. The second kappa shape index (κ2) is 6.74. The first-order valence-corrected chi connectivity index (χ1v) is 6.67. The highest BCUT2D eigenvalue weighted by Gasteiger charge is 2.03. The number of hydrogen-bond donors (Lipinski definition) is 2. The van der Waals surface area contributed by atoms with Gasteiger partial charge in [-0.05, 0) is 13.3 Å². The Morgan fingerprint density at radius 2 is 2.25 bits per heavy atom. The van der Waals surface area contributed by atoms with Crippen molar-refractivity contribution in [1.82, 2.24) is 19.7 Å². The lowest BCUT2D eigenvalue weighted by atomic mass is 10.4. The number of ether oxygens (including phenoxy) is 1. The highest BCUT2D eigenvalue weighted by Crippen LogP contribution is 2.12. The summed E-state index contributed by atoms with van der Waals surface area (Å²) in [5.74, 6) is 1.17. The van der Waals surface area contributed by atoms with Crippen LogP contribution in [-0.4, -0.2) is 32.9 Å². The molecular weight excluding hydrogens is 256 g/mol. The average Bonchev–Trinajstić information content (AvgIpc) is 2.81. The number of nitrogens with one attached hydrogen (secondary N) is 1. The van der Waals surface area contributed by atoms with Crippen LogP contribution in [0.5, 0.6) is 5.88 Å². The molecule has 7 heteroatoms. The smallest absolute Gasteiger partial charge is 0.226 e. The van der Waals surface area contributed by atoms with Gasteiger partial charge < -0.3 is 15.8 Å². The number of aryl methyl sites for hydroxylation is 1. The maximum Gasteiger partial charge on any atom is 0.226 e. The number of nitrogens with two attached hydrogens (primary N) is 1.